The van der Waals surface area contributed by atoms with Crippen LogP contribution in [0.3, 0.4) is 0 Å². The van der Waals surface area contributed by atoms with Crippen LogP contribution in [0.25, 0.3) is 11.3 Å². The Labute approximate surface area is 104 Å². The minimum absolute atomic E-state index is 0.680. The van der Waals surface area contributed by atoms with Gasteiger partial charge in [0.25, 0.3) is 0 Å². The predicted molar refractivity (Wildman–Crippen MR) is 73.0 cm³/mol. The highest BCUT2D eigenvalue weighted by molar-refractivity contribution is 5.60. The van der Waals surface area contributed by atoms with E-state index in [2.05, 4.69) is 56.1 Å². The molecule has 0 unspecified atom stereocenters. The summed E-state index contributed by atoms with van der Waals surface area (Å²) < 4.78 is 0. The van der Waals surface area contributed by atoms with E-state index < -0.39 is 0 Å². The van der Waals surface area contributed by atoms with Crippen LogP contribution < -0.4 is 0 Å². The van der Waals surface area contributed by atoms with E-state index in [4.69, 9.17) is 0 Å². The minimum atomic E-state index is 0.680. The summed E-state index contributed by atoms with van der Waals surface area (Å²) in [6.45, 7) is 6.64. The van der Waals surface area contributed by atoms with Crippen molar-refractivity contribution >= 4 is 0 Å². The lowest BCUT2D eigenvalue weighted by molar-refractivity contribution is 0.644. The Balaban J connectivity index is 2.37. The van der Waals surface area contributed by atoms with Crippen molar-refractivity contribution in [3.05, 3.63) is 53.7 Å². The Hall–Kier alpha value is -1.63. The summed E-state index contributed by atoms with van der Waals surface area (Å²) in [4.78, 5) is 4.52. The molecule has 1 nitrogen and oxygen atoms in total. The highest BCUT2D eigenvalue weighted by atomic mass is 14.7. The summed E-state index contributed by atoms with van der Waals surface area (Å²) >= 11 is 0. The van der Waals surface area contributed by atoms with Gasteiger partial charge in [-0.2, -0.15) is 0 Å². The van der Waals surface area contributed by atoms with Gasteiger partial charge in [0, 0.05) is 11.8 Å². The fraction of sp³-hybridized carbons (Fsp3) is 0.312. The maximum Gasteiger partial charge on any atom is 0.0704 e. The van der Waals surface area contributed by atoms with E-state index in [-0.39, 0.29) is 0 Å². The summed E-state index contributed by atoms with van der Waals surface area (Å²) in [5.41, 5.74) is 4.97. The summed E-state index contributed by atoms with van der Waals surface area (Å²) in [5.74, 6) is 0.680. The number of hydrogen-bond acceptors (Lipinski definition) is 1. The molecule has 1 aromatic heterocycles. The van der Waals surface area contributed by atoms with E-state index >= 15 is 0 Å². The highest BCUT2D eigenvalue weighted by Gasteiger charge is 2.05. The number of nitrogens with zero attached hydrogens (tertiary/aromatic N) is 1. The van der Waals surface area contributed by atoms with Gasteiger partial charge >= 0.3 is 0 Å². The van der Waals surface area contributed by atoms with Crippen molar-refractivity contribution in [1.29, 1.82) is 0 Å². The fourth-order valence-electron chi connectivity index (χ4n) is 1.99. The molecule has 88 valence electrons. The summed E-state index contributed by atoms with van der Waals surface area (Å²) in [6, 6.07) is 12.6. The van der Waals surface area contributed by atoms with E-state index in [0.29, 0.717) is 5.92 Å². The van der Waals surface area contributed by atoms with Crippen LogP contribution in [0.4, 0.5) is 0 Å². The van der Waals surface area contributed by atoms with Gasteiger partial charge in [0.1, 0.15) is 0 Å². The normalized spacial score (nSPS) is 10.8. The number of aromatic nitrogens is 1. The third-order valence-corrected chi connectivity index (χ3v) is 2.91. The molecule has 0 spiro atoms. The lowest BCUT2D eigenvalue weighted by atomic mass is 9.98. The summed E-state index contributed by atoms with van der Waals surface area (Å²) in [7, 11) is 0. The van der Waals surface area contributed by atoms with Crippen LogP contribution in [-0.2, 0) is 6.42 Å². The van der Waals surface area contributed by atoms with Crippen LogP contribution in [0, 0.1) is 12.8 Å². The smallest absolute Gasteiger partial charge is 0.0704 e. The lowest BCUT2D eigenvalue weighted by Gasteiger charge is -2.10. The molecule has 1 heteroatoms. The van der Waals surface area contributed by atoms with Crippen LogP contribution >= 0.6 is 0 Å². The monoisotopic (exact) mass is 225 g/mol. The first-order valence-electron chi connectivity index (χ1n) is 6.18. The molecule has 0 aliphatic heterocycles. The van der Waals surface area contributed by atoms with Gasteiger partial charge in [-0.25, -0.2) is 0 Å². The molecule has 1 heterocycles. The van der Waals surface area contributed by atoms with Gasteiger partial charge in [0.15, 0.2) is 0 Å². The zero-order chi connectivity index (χ0) is 12.3. The number of aryl methyl sites for hydroxylation is 1. The average Bonchev–Trinajstić information content (AvgIpc) is 2.32. The standard InChI is InChI=1S/C16H19N/c1-12(2)9-15-10-16(17-11-13(15)3)14-7-5-4-6-8-14/h4-8,10-12H,9H2,1-3H3. The van der Waals surface area contributed by atoms with Crippen LogP contribution in [0.1, 0.15) is 25.0 Å². The van der Waals surface area contributed by atoms with Crippen molar-refractivity contribution in [1.82, 2.24) is 4.98 Å². The van der Waals surface area contributed by atoms with Crippen molar-refractivity contribution in [2.75, 3.05) is 0 Å². The van der Waals surface area contributed by atoms with Crippen molar-refractivity contribution in [3.63, 3.8) is 0 Å². The molecule has 2 aromatic rings. The van der Waals surface area contributed by atoms with Gasteiger partial charge < -0.3 is 0 Å². The fourth-order valence-corrected chi connectivity index (χ4v) is 1.99. The topological polar surface area (TPSA) is 12.9 Å². The SMILES string of the molecule is Cc1cnc(-c2ccccc2)cc1CC(C)C. The highest BCUT2D eigenvalue weighted by Crippen LogP contribution is 2.21. The minimum Gasteiger partial charge on any atom is -0.256 e. The molecule has 0 saturated heterocycles. The number of benzene rings is 1. The quantitative estimate of drug-likeness (QED) is 0.760. The van der Waals surface area contributed by atoms with Gasteiger partial charge in [0.2, 0.25) is 0 Å². The van der Waals surface area contributed by atoms with E-state index in [1.807, 2.05) is 12.3 Å². The molecule has 0 radical (unpaired) electrons. The Morgan fingerprint density at radius 3 is 2.47 bits per heavy atom. The molecule has 17 heavy (non-hydrogen) atoms. The predicted octanol–water partition coefficient (Wildman–Crippen LogP) is 4.26. The van der Waals surface area contributed by atoms with Crippen molar-refractivity contribution in [3.8, 4) is 11.3 Å². The summed E-state index contributed by atoms with van der Waals surface area (Å²) in [5, 5.41) is 0. The molecule has 0 bridgehead atoms. The zero-order valence-corrected chi connectivity index (χ0v) is 10.8. The van der Waals surface area contributed by atoms with Crippen LogP contribution in [0.15, 0.2) is 42.6 Å². The largest absolute Gasteiger partial charge is 0.256 e. The van der Waals surface area contributed by atoms with Crippen LogP contribution in [0.5, 0.6) is 0 Å². The summed E-state index contributed by atoms with van der Waals surface area (Å²) in [6.07, 6.45) is 3.11. The Morgan fingerprint density at radius 2 is 1.82 bits per heavy atom. The van der Waals surface area contributed by atoms with Gasteiger partial charge in [-0.15, -0.1) is 0 Å². The van der Waals surface area contributed by atoms with E-state index in [1.165, 1.54) is 16.7 Å². The van der Waals surface area contributed by atoms with Crippen molar-refractivity contribution in [2.45, 2.75) is 27.2 Å². The third-order valence-electron chi connectivity index (χ3n) is 2.91. The average molecular weight is 225 g/mol. The molecule has 2 rings (SSSR count). The Bertz CT molecular complexity index is 486. The second-order valence-corrected chi connectivity index (χ2v) is 4.96. The molecule has 0 aliphatic carbocycles. The van der Waals surface area contributed by atoms with Crippen molar-refractivity contribution in [2.24, 2.45) is 5.92 Å². The molecule has 0 N–H and O–H groups in total. The molecular formula is C16H19N. The van der Waals surface area contributed by atoms with Gasteiger partial charge in [-0.1, -0.05) is 44.2 Å². The molecule has 0 atom stereocenters. The van der Waals surface area contributed by atoms with E-state index in [0.717, 1.165) is 12.1 Å². The van der Waals surface area contributed by atoms with Crippen molar-refractivity contribution < 1.29 is 0 Å². The molecular weight excluding hydrogens is 206 g/mol. The maximum atomic E-state index is 4.52. The second-order valence-electron chi connectivity index (χ2n) is 4.96. The van der Waals surface area contributed by atoms with E-state index in [1.54, 1.807) is 0 Å². The maximum absolute atomic E-state index is 4.52. The molecule has 1 aromatic carbocycles. The van der Waals surface area contributed by atoms with Gasteiger partial charge in [0.05, 0.1) is 5.69 Å². The lowest BCUT2D eigenvalue weighted by Crippen LogP contribution is -1.98. The second kappa shape index (κ2) is 5.13. The number of rotatable bonds is 3. The van der Waals surface area contributed by atoms with E-state index in [9.17, 15) is 0 Å². The molecule has 0 fully saturated rings. The Morgan fingerprint density at radius 1 is 1.12 bits per heavy atom. The first-order valence-corrected chi connectivity index (χ1v) is 6.18. The first kappa shape index (κ1) is 11.8. The molecule has 0 saturated carbocycles. The molecule has 0 amide bonds. The Kier molecular flexibility index (Phi) is 3.58. The van der Waals surface area contributed by atoms with Gasteiger partial charge in [-0.3, -0.25) is 4.98 Å². The number of pyridine rings is 1. The third kappa shape index (κ3) is 2.94. The van der Waals surface area contributed by atoms with Crippen LogP contribution in [0.2, 0.25) is 0 Å². The number of hydrogen-bond donors (Lipinski definition) is 0. The first-order chi connectivity index (χ1) is 8.16. The van der Waals surface area contributed by atoms with Crippen LogP contribution in [-0.4, -0.2) is 4.98 Å². The molecule has 0 aliphatic rings. The van der Waals surface area contributed by atoms with Gasteiger partial charge in [-0.05, 0) is 36.5 Å². The zero-order valence-electron chi connectivity index (χ0n) is 10.8.